The van der Waals surface area contributed by atoms with Crippen LogP contribution in [0.5, 0.6) is 0 Å². The van der Waals surface area contributed by atoms with Gasteiger partial charge in [-0.3, -0.25) is 0 Å². The topological polar surface area (TPSA) is 39.2 Å². The molecular formula is C11H13NOS. The van der Waals surface area contributed by atoms with Crippen LogP contribution in [-0.2, 0) is 0 Å². The predicted molar refractivity (Wildman–Crippen MR) is 58.5 cm³/mol. The lowest BCUT2D eigenvalue weighted by molar-refractivity contribution is 0.466. The largest absolute Gasteiger partial charge is 0.464 e. The van der Waals surface area contributed by atoms with Gasteiger partial charge in [-0.15, -0.1) is 11.3 Å². The fraction of sp³-hybridized carbons (Fsp3) is 0.273. The van der Waals surface area contributed by atoms with Crippen LogP contribution in [0.2, 0.25) is 0 Å². The van der Waals surface area contributed by atoms with Gasteiger partial charge in [-0.05, 0) is 36.9 Å². The number of rotatable bonds is 2. The number of thiophene rings is 1. The van der Waals surface area contributed by atoms with Gasteiger partial charge in [0.1, 0.15) is 11.5 Å². The van der Waals surface area contributed by atoms with Gasteiger partial charge in [0.2, 0.25) is 0 Å². The lowest BCUT2D eigenvalue weighted by Crippen LogP contribution is -2.08. The maximum absolute atomic E-state index is 6.06. The molecule has 0 fully saturated rings. The summed E-state index contributed by atoms with van der Waals surface area (Å²) >= 11 is 1.66. The Morgan fingerprint density at radius 1 is 1.43 bits per heavy atom. The summed E-state index contributed by atoms with van der Waals surface area (Å²) in [6, 6.07) is 5.92. The number of aryl methyl sites for hydroxylation is 2. The van der Waals surface area contributed by atoms with E-state index in [4.69, 9.17) is 10.2 Å². The molecule has 0 aliphatic heterocycles. The van der Waals surface area contributed by atoms with Crippen LogP contribution in [0.1, 0.15) is 28.0 Å². The lowest BCUT2D eigenvalue weighted by atomic mass is 10.2. The third-order valence-electron chi connectivity index (χ3n) is 2.34. The zero-order chi connectivity index (χ0) is 10.1. The van der Waals surface area contributed by atoms with E-state index in [0.29, 0.717) is 0 Å². The molecule has 2 N–H and O–H groups in total. The molecule has 0 radical (unpaired) electrons. The highest BCUT2D eigenvalue weighted by Crippen LogP contribution is 2.26. The first-order chi connectivity index (χ1) is 6.68. The maximum Gasteiger partial charge on any atom is 0.126 e. The molecule has 0 bridgehead atoms. The van der Waals surface area contributed by atoms with Crippen LogP contribution in [0.15, 0.2) is 28.0 Å². The number of hydrogen-bond acceptors (Lipinski definition) is 3. The SMILES string of the molecule is Cc1cc([C@@H](N)c2cccs2)oc1C. The fourth-order valence-electron chi connectivity index (χ4n) is 1.36. The average Bonchev–Trinajstić information content (AvgIpc) is 2.76. The van der Waals surface area contributed by atoms with Gasteiger partial charge in [0, 0.05) is 4.88 Å². The predicted octanol–water partition coefficient (Wildman–Crippen LogP) is 3.01. The Kier molecular flexibility index (Phi) is 2.44. The van der Waals surface area contributed by atoms with Crippen LogP contribution in [0, 0.1) is 13.8 Å². The summed E-state index contributed by atoms with van der Waals surface area (Å²) in [5, 5.41) is 2.03. The van der Waals surface area contributed by atoms with Crippen LogP contribution in [0.25, 0.3) is 0 Å². The van der Waals surface area contributed by atoms with Crippen molar-refractivity contribution in [2.75, 3.05) is 0 Å². The first kappa shape index (κ1) is 9.49. The molecule has 3 heteroatoms. The Hall–Kier alpha value is -1.06. The van der Waals surface area contributed by atoms with Crippen molar-refractivity contribution in [1.29, 1.82) is 0 Å². The summed E-state index contributed by atoms with van der Waals surface area (Å²) in [5.74, 6) is 1.80. The van der Waals surface area contributed by atoms with Gasteiger partial charge in [0.05, 0.1) is 6.04 Å². The molecule has 1 atom stereocenters. The molecule has 2 heterocycles. The Morgan fingerprint density at radius 2 is 2.21 bits per heavy atom. The Labute approximate surface area is 87.4 Å². The van der Waals surface area contributed by atoms with Gasteiger partial charge in [0.15, 0.2) is 0 Å². The van der Waals surface area contributed by atoms with Crippen molar-refractivity contribution in [3.05, 3.63) is 45.5 Å². The molecule has 2 nitrogen and oxygen atoms in total. The van der Waals surface area contributed by atoms with E-state index in [-0.39, 0.29) is 6.04 Å². The van der Waals surface area contributed by atoms with Crippen LogP contribution in [-0.4, -0.2) is 0 Å². The summed E-state index contributed by atoms with van der Waals surface area (Å²) < 4.78 is 5.58. The molecule has 0 aliphatic rings. The molecule has 2 aromatic rings. The van der Waals surface area contributed by atoms with Crippen molar-refractivity contribution in [1.82, 2.24) is 0 Å². The molecule has 0 saturated carbocycles. The molecule has 2 aromatic heterocycles. The number of hydrogen-bond donors (Lipinski definition) is 1. The highest BCUT2D eigenvalue weighted by molar-refractivity contribution is 7.10. The van der Waals surface area contributed by atoms with Crippen molar-refractivity contribution in [2.24, 2.45) is 5.73 Å². The van der Waals surface area contributed by atoms with Crippen LogP contribution < -0.4 is 5.73 Å². The summed E-state index contributed by atoms with van der Waals surface area (Å²) in [7, 11) is 0. The molecule has 0 saturated heterocycles. The van der Waals surface area contributed by atoms with Crippen molar-refractivity contribution in [2.45, 2.75) is 19.9 Å². The van der Waals surface area contributed by atoms with E-state index in [0.717, 1.165) is 22.0 Å². The van der Waals surface area contributed by atoms with Crippen LogP contribution in [0.3, 0.4) is 0 Å². The number of furan rings is 1. The summed E-state index contributed by atoms with van der Waals surface area (Å²) in [6.07, 6.45) is 0. The molecule has 0 aromatic carbocycles. The molecule has 0 unspecified atom stereocenters. The normalized spacial score (nSPS) is 13.1. The van der Waals surface area contributed by atoms with Crippen LogP contribution in [0.4, 0.5) is 0 Å². The van der Waals surface area contributed by atoms with Gasteiger partial charge in [-0.25, -0.2) is 0 Å². The quantitative estimate of drug-likeness (QED) is 0.822. The minimum absolute atomic E-state index is 0.123. The van der Waals surface area contributed by atoms with Crippen molar-refractivity contribution in [3.63, 3.8) is 0 Å². The van der Waals surface area contributed by atoms with Gasteiger partial charge in [0.25, 0.3) is 0 Å². The van der Waals surface area contributed by atoms with E-state index >= 15 is 0 Å². The first-order valence-corrected chi connectivity index (χ1v) is 5.42. The van der Waals surface area contributed by atoms with Gasteiger partial charge in [-0.2, -0.15) is 0 Å². The first-order valence-electron chi connectivity index (χ1n) is 4.54. The van der Waals surface area contributed by atoms with Gasteiger partial charge >= 0.3 is 0 Å². The van der Waals surface area contributed by atoms with Crippen molar-refractivity contribution in [3.8, 4) is 0 Å². The molecule has 14 heavy (non-hydrogen) atoms. The third kappa shape index (κ3) is 1.61. The molecule has 0 aliphatic carbocycles. The Balaban J connectivity index is 2.32. The highest BCUT2D eigenvalue weighted by Gasteiger charge is 2.14. The molecule has 2 rings (SSSR count). The monoisotopic (exact) mass is 207 g/mol. The number of nitrogens with two attached hydrogens (primary N) is 1. The lowest BCUT2D eigenvalue weighted by Gasteiger charge is -2.04. The summed E-state index contributed by atoms with van der Waals surface area (Å²) in [5.41, 5.74) is 7.22. The van der Waals surface area contributed by atoms with Crippen molar-refractivity contribution < 1.29 is 4.42 Å². The zero-order valence-electron chi connectivity index (χ0n) is 8.28. The minimum Gasteiger partial charge on any atom is -0.464 e. The zero-order valence-corrected chi connectivity index (χ0v) is 9.10. The molecule has 0 amide bonds. The maximum atomic E-state index is 6.06. The highest BCUT2D eigenvalue weighted by atomic mass is 32.1. The smallest absolute Gasteiger partial charge is 0.126 e. The summed E-state index contributed by atoms with van der Waals surface area (Å²) in [6.45, 7) is 3.99. The van der Waals surface area contributed by atoms with Gasteiger partial charge in [-0.1, -0.05) is 6.07 Å². The second-order valence-corrected chi connectivity index (χ2v) is 4.36. The molecule has 0 spiro atoms. The second kappa shape index (κ2) is 3.59. The van der Waals surface area contributed by atoms with E-state index in [1.807, 2.05) is 37.4 Å². The van der Waals surface area contributed by atoms with Crippen molar-refractivity contribution >= 4 is 11.3 Å². The second-order valence-electron chi connectivity index (χ2n) is 3.38. The third-order valence-corrected chi connectivity index (χ3v) is 3.30. The Morgan fingerprint density at radius 3 is 2.71 bits per heavy atom. The van der Waals surface area contributed by atoms with Crippen LogP contribution >= 0.6 is 11.3 Å². The minimum atomic E-state index is -0.123. The van der Waals surface area contributed by atoms with E-state index in [1.54, 1.807) is 11.3 Å². The average molecular weight is 207 g/mol. The standard InChI is InChI=1S/C11H13NOS/c1-7-6-9(13-8(7)2)11(12)10-4-3-5-14-10/h3-6,11H,12H2,1-2H3/t11-/m1/s1. The fourth-order valence-corrected chi connectivity index (χ4v) is 2.10. The summed E-state index contributed by atoms with van der Waals surface area (Å²) in [4.78, 5) is 1.14. The molecular weight excluding hydrogens is 194 g/mol. The molecule has 74 valence electrons. The Bertz CT molecular complexity index is 397. The van der Waals surface area contributed by atoms with E-state index in [1.165, 1.54) is 0 Å². The van der Waals surface area contributed by atoms with E-state index in [9.17, 15) is 0 Å². The van der Waals surface area contributed by atoms with E-state index in [2.05, 4.69) is 0 Å². The van der Waals surface area contributed by atoms with Gasteiger partial charge < -0.3 is 10.2 Å². The van der Waals surface area contributed by atoms with E-state index < -0.39 is 0 Å².